The molecule has 6 atom stereocenters. The number of ether oxygens (including phenoxy) is 6. The van der Waals surface area contributed by atoms with Crippen molar-refractivity contribution in [3.63, 3.8) is 0 Å². The molecule has 1 saturated heterocycles. The number of carbonyl (C=O) groups is 6. The minimum Gasteiger partial charge on any atom is -0.467 e. The quantitative estimate of drug-likeness (QED) is 0.141. The van der Waals surface area contributed by atoms with Gasteiger partial charge in [-0.1, -0.05) is 12.2 Å². The molecular weight excluding hydrogens is 600 g/mol. The molecule has 16 nitrogen and oxygen atoms in total. The number of nitro groups is 1. The van der Waals surface area contributed by atoms with E-state index in [-0.39, 0.29) is 18.5 Å². The molecule has 1 N–H and O–H groups in total. The third-order valence-electron chi connectivity index (χ3n) is 6.51. The van der Waals surface area contributed by atoms with Gasteiger partial charge in [0.2, 0.25) is 5.91 Å². The van der Waals surface area contributed by atoms with Crippen LogP contribution in [0.4, 0.5) is 5.69 Å². The van der Waals surface area contributed by atoms with Crippen molar-refractivity contribution in [3.8, 4) is 0 Å². The summed E-state index contributed by atoms with van der Waals surface area (Å²) in [4.78, 5) is 84.4. The molecule has 0 radical (unpaired) electrons. The fourth-order valence-corrected chi connectivity index (χ4v) is 4.83. The van der Waals surface area contributed by atoms with Gasteiger partial charge in [-0.2, -0.15) is 0 Å². The average molecular weight is 637 g/mol. The standard InChI is InChI=1S/C29H36N2O14/c1-16(32)30-25-23(42-18(3)34)14-29(28(37)40-6,13-7-8-21-9-11-22(12-10-21)31(38)39)45-27(25)26(44-20(5)36)24(43-19(4)35)15-41-17(2)33/h7-12,23-27H,13-15H2,1-6H3,(H,30,32)/b8-7+/t23-,24+,25+,26+,27+,29+/m0/s1. The average Bonchev–Trinajstić information content (AvgIpc) is 2.94. The molecule has 0 aromatic heterocycles. The number of hydrogen-bond donors (Lipinski definition) is 1. The molecular formula is C29H36N2O14. The van der Waals surface area contributed by atoms with Crippen molar-refractivity contribution in [1.82, 2.24) is 5.32 Å². The Bertz CT molecular complexity index is 1310. The van der Waals surface area contributed by atoms with Crippen molar-refractivity contribution >= 4 is 47.5 Å². The Kier molecular flexibility index (Phi) is 13.1. The van der Waals surface area contributed by atoms with E-state index < -0.39 is 83.3 Å². The molecule has 1 heterocycles. The largest absolute Gasteiger partial charge is 0.467 e. The van der Waals surface area contributed by atoms with Gasteiger partial charge in [0, 0.05) is 59.6 Å². The molecule has 45 heavy (non-hydrogen) atoms. The number of nitrogens with zero attached hydrogens (tertiary/aromatic N) is 1. The Morgan fingerprint density at radius 3 is 2.11 bits per heavy atom. The van der Waals surface area contributed by atoms with Crippen molar-refractivity contribution in [2.45, 2.75) is 83.5 Å². The number of carbonyl (C=O) groups excluding carboxylic acids is 6. The van der Waals surface area contributed by atoms with Gasteiger partial charge in [-0.05, 0) is 17.7 Å². The molecule has 0 aliphatic carbocycles. The third-order valence-corrected chi connectivity index (χ3v) is 6.51. The maximum atomic E-state index is 13.4. The minimum absolute atomic E-state index is 0.127. The molecule has 0 spiro atoms. The zero-order valence-electron chi connectivity index (χ0n) is 25.6. The maximum absolute atomic E-state index is 13.4. The Hall–Kier alpha value is -4.86. The van der Waals surface area contributed by atoms with E-state index in [9.17, 15) is 38.9 Å². The van der Waals surface area contributed by atoms with E-state index >= 15 is 0 Å². The summed E-state index contributed by atoms with van der Waals surface area (Å²) in [7, 11) is 1.09. The van der Waals surface area contributed by atoms with Gasteiger partial charge in [0.25, 0.3) is 5.69 Å². The normalized spacial score (nSPS) is 22.3. The summed E-state index contributed by atoms with van der Waals surface area (Å²) >= 11 is 0. The lowest BCUT2D eigenvalue weighted by Gasteiger charge is -2.49. The summed E-state index contributed by atoms with van der Waals surface area (Å²) in [6.45, 7) is 4.86. The first-order valence-electron chi connectivity index (χ1n) is 13.7. The van der Waals surface area contributed by atoms with Crippen LogP contribution in [0.25, 0.3) is 6.08 Å². The lowest BCUT2D eigenvalue weighted by atomic mass is 9.81. The van der Waals surface area contributed by atoms with Crippen LogP contribution in [0.15, 0.2) is 30.3 Å². The number of nitrogens with one attached hydrogen (secondary N) is 1. The van der Waals surface area contributed by atoms with Gasteiger partial charge in [-0.15, -0.1) is 0 Å². The van der Waals surface area contributed by atoms with Crippen molar-refractivity contribution in [2.24, 2.45) is 0 Å². The molecule has 1 aliphatic heterocycles. The van der Waals surface area contributed by atoms with E-state index in [0.717, 1.165) is 34.8 Å². The van der Waals surface area contributed by atoms with Crippen LogP contribution in [0.5, 0.6) is 0 Å². The van der Waals surface area contributed by atoms with Gasteiger partial charge >= 0.3 is 29.8 Å². The van der Waals surface area contributed by atoms with Crippen LogP contribution >= 0.6 is 0 Å². The third kappa shape index (κ3) is 10.7. The molecule has 0 unspecified atom stereocenters. The second-order valence-electron chi connectivity index (χ2n) is 10.1. The highest BCUT2D eigenvalue weighted by Crippen LogP contribution is 2.38. The first kappa shape index (κ1) is 36.3. The molecule has 0 saturated carbocycles. The summed E-state index contributed by atoms with van der Waals surface area (Å²) in [5, 5.41) is 13.6. The lowest BCUT2D eigenvalue weighted by molar-refractivity contribution is -0.384. The number of non-ortho nitro benzene ring substituents is 1. The molecule has 1 aromatic rings. The van der Waals surface area contributed by atoms with Crippen LogP contribution < -0.4 is 5.32 Å². The van der Waals surface area contributed by atoms with Gasteiger partial charge in [-0.3, -0.25) is 34.1 Å². The Balaban J connectivity index is 2.70. The number of amides is 1. The molecule has 246 valence electrons. The molecule has 1 fully saturated rings. The Morgan fingerprint density at radius 2 is 1.62 bits per heavy atom. The van der Waals surface area contributed by atoms with Crippen LogP contribution in [-0.2, 0) is 57.2 Å². The second kappa shape index (κ2) is 16.3. The highest BCUT2D eigenvalue weighted by molar-refractivity contribution is 5.81. The van der Waals surface area contributed by atoms with E-state index in [0.29, 0.717) is 5.56 Å². The summed E-state index contributed by atoms with van der Waals surface area (Å²) in [5.74, 6) is -4.81. The van der Waals surface area contributed by atoms with Gasteiger partial charge in [0.1, 0.15) is 18.8 Å². The van der Waals surface area contributed by atoms with Crippen molar-refractivity contribution in [3.05, 3.63) is 46.0 Å². The number of esters is 5. The minimum atomic E-state index is -1.94. The SMILES string of the molecule is COC(=O)[C@@]1(C/C=C/c2ccc([N+](=O)[O-])cc2)C[C@H](OC(C)=O)[C@@H](NC(C)=O)[C@H]([C@H](OC(C)=O)[C@@H](COC(C)=O)OC(C)=O)O1. The monoisotopic (exact) mass is 636 g/mol. The maximum Gasteiger partial charge on any atom is 0.338 e. The van der Waals surface area contributed by atoms with Crippen molar-refractivity contribution < 1.29 is 62.1 Å². The van der Waals surface area contributed by atoms with E-state index in [1.54, 1.807) is 6.08 Å². The van der Waals surface area contributed by atoms with Crippen LogP contribution in [0.3, 0.4) is 0 Å². The molecule has 1 amide bonds. The van der Waals surface area contributed by atoms with Gasteiger partial charge in [-0.25, -0.2) is 4.79 Å². The number of hydrogen-bond acceptors (Lipinski definition) is 14. The Morgan fingerprint density at radius 1 is 1.00 bits per heavy atom. The topological polar surface area (TPSA) is 213 Å². The molecule has 1 aromatic carbocycles. The van der Waals surface area contributed by atoms with E-state index in [4.69, 9.17) is 28.4 Å². The number of methoxy groups -OCH3 is 1. The van der Waals surface area contributed by atoms with Crippen LogP contribution in [0, 0.1) is 10.1 Å². The van der Waals surface area contributed by atoms with Gasteiger partial charge in [0.15, 0.2) is 17.8 Å². The van der Waals surface area contributed by atoms with Crippen LogP contribution in [-0.4, -0.2) is 90.5 Å². The van der Waals surface area contributed by atoms with Crippen LogP contribution in [0.2, 0.25) is 0 Å². The van der Waals surface area contributed by atoms with E-state index in [1.165, 1.54) is 37.3 Å². The second-order valence-corrected chi connectivity index (χ2v) is 10.1. The predicted octanol–water partition coefficient (Wildman–Crippen LogP) is 1.56. The molecule has 0 bridgehead atoms. The first-order valence-corrected chi connectivity index (χ1v) is 13.7. The summed E-state index contributed by atoms with van der Waals surface area (Å²) in [5.41, 5.74) is -1.53. The number of rotatable bonds is 13. The summed E-state index contributed by atoms with van der Waals surface area (Å²) in [6, 6.07) is 4.27. The summed E-state index contributed by atoms with van der Waals surface area (Å²) < 4.78 is 32.8. The zero-order valence-corrected chi connectivity index (χ0v) is 25.6. The van der Waals surface area contributed by atoms with Gasteiger partial charge in [0.05, 0.1) is 18.1 Å². The van der Waals surface area contributed by atoms with E-state index in [2.05, 4.69) is 5.32 Å². The number of benzene rings is 1. The fraction of sp³-hybridized carbons (Fsp3) is 0.517. The first-order chi connectivity index (χ1) is 21.1. The predicted molar refractivity (Wildman–Crippen MR) is 152 cm³/mol. The molecule has 1 aliphatic rings. The highest BCUT2D eigenvalue weighted by Gasteiger charge is 2.57. The Labute approximate surface area is 258 Å². The fourth-order valence-electron chi connectivity index (χ4n) is 4.83. The molecule has 2 rings (SSSR count). The van der Waals surface area contributed by atoms with Crippen molar-refractivity contribution in [1.29, 1.82) is 0 Å². The summed E-state index contributed by atoms with van der Waals surface area (Å²) in [6.07, 6.45) is -3.46. The molecule has 16 heteroatoms. The smallest absolute Gasteiger partial charge is 0.338 e. The van der Waals surface area contributed by atoms with Crippen molar-refractivity contribution in [2.75, 3.05) is 13.7 Å². The van der Waals surface area contributed by atoms with Gasteiger partial charge < -0.3 is 33.7 Å². The van der Waals surface area contributed by atoms with Crippen LogP contribution in [0.1, 0.15) is 53.0 Å². The lowest BCUT2D eigenvalue weighted by Crippen LogP contribution is -2.68. The van der Waals surface area contributed by atoms with E-state index in [1.807, 2.05) is 0 Å². The highest BCUT2D eigenvalue weighted by atomic mass is 16.6. The number of nitro benzene ring substituents is 1. The zero-order chi connectivity index (χ0) is 33.9.